The van der Waals surface area contributed by atoms with Gasteiger partial charge in [-0.2, -0.15) is 5.10 Å². The van der Waals surface area contributed by atoms with Gasteiger partial charge in [-0.3, -0.25) is 5.41 Å². The Morgan fingerprint density at radius 3 is 2.57 bits per heavy atom. The molecule has 0 spiro atoms. The largest absolute Gasteiger partial charge is 0.508 e. The van der Waals surface area contributed by atoms with Crippen LogP contribution < -0.4 is 10.7 Å². The number of nitrogens with two attached hydrogens (primary N) is 1. The SMILES string of the molecule is N=C1C(=Nc2ccc(O)cc2N)C(CO)=NN1c1ccccc1. The third kappa shape index (κ3) is 2.77. The fourth-order valence-electron chi connectivity index (χ4n) is 2.20. The molecule has 2 aromatic rings. The number of benzene rings is 2. The molecular weight excluding hydrogens is 294 g/mol. The Bertz CT molecular complexity index is 814. The number of phenolic OH excluding ortho intramolecular Hbond substituents is 1. The maximum atomic E-state index is 9.50. The lowest BCUT2D eigenvalue weighted by molar-refractivity contribution is 0.359. The third-order valence-electron chi connectivity index (χ3n) is 3.32. The summed E-state index contributed by atoms with van der Waals surface area (Å²) < 4.78 is 0. The number of aliphatic hydroxyl groups is 1. The van der Waals surface area contributed by atoms with Crippen molar-refractivity contribution in [3.8, 4) is 5.75 Å². The minimum absolute atomic E-state index is 0.0370. The van der Waals surface area contributed by atoms with E-state index in [1.54, 1.807) is 6.07 Å². The first-order valence-corrected chi connectivity index (χ1v) is 6.90. The lowest BCUT2D eigenvalue weighted by atomic mass is 10.2. The average Bonchev–Trinajstić information content (AvgIpc) is 2.87. The van der Waals surface area contributed by atoms with Crippen LogP contribution in [0.3, 0.4) is 0 Å². The second-order valence-corrected chi connectivity index (χ2v) is 4.90. The third-order valence-corrected chi connectivity index (χ3v) is 3.32. The van der Waals surface area contributed by atoms with E-state index in [2.05, 4.69) is 10.1 Å². The lowest BCUT2D eigenvalue weighted by Crippen LogP contribution is -2.27. The standard InChI is InChI=1S/C16H15N5O2/c17-12-8-11(23)6-7-13(12)19-15-14(9-22)20-21(16(15)18)10-4-2-1-3-5-10/h1-8,18,22-23H,9,17H2. The van der Waals surface area contributed by atoms with Gasteiger partial charge in [0.15, 0.2) is 5.84 Å². The molecule has 1 aliphatic rings. The molecular formula is C16H15N5O2. The molecule has 0 aliphatic carbocycles. The summed E-state index contributed by atoms with van der Waals surface area (Å²) in [6.07, 6.45) is 0. The number of nitrogen functional groups attached to an aromatic ring is 1. The van der Waals surface area contributed by atoms with Gasteiger partial charge in [-0.1, -0.05) is 18.2 Å². The van der Waals surface area contributed by atoms with Crippen molar-refractivity contribution in [1.82, 2.24) is 0 Å². The molecule has 7 heteroatoms. The van der Waals surface area contributed by atoms with E-state index < -0.39 is 0 Å². The van der Waals surface area contributed by atoms with Gasteiger partial charge < -0.3 is 15.9 Å². The van der Waals surface area contributed by atoms with E-state index in [-0.39, 0.29) is 35.3 Å². The number of hydrogen-bond donors (Lipinski definition) is 4. The van der Waals surface area contributed by atoms with Crippen molar-refractivity contribution in [3.05, 3.63) is 48.5 Å². The number of aliphatic imine (C=N–C) groups is 1. The van der Waals surface area contributed by atoms with E-state index >= 15 is 0 Å². The summed E-state index contributed by atoms with van der Waals surface area (Å²) >= 11 is 0. The average molecular weight is 309 g/mol. The zero-order valence-corrected chi connectivity index (χ0v) is 12.1. The van der Waals surface area contributed by atoms with Crippen LogP contribution in [0.4, 0.5) is 17.1 Å². The Morgan fingerprint density at radius 1 is 1.17 bits per heavy atom. The number of nitrogens with zero attached hydrogens (tertiary/aromatic N) is 3. The predicted molar refractivity (Wildman–Crippen MR) is 90.8 cm³/mol. The molecule has 7 nitrogen and oxygen atoms in total. The maximum Gasteiger partial charge on any atom is 0.174 e. The van der Waals surface area contributed by atoms with Crippen molar-refractivity contribution in [1.29, 1.82) is 5.41 Å². The Kier molecular flexibility index (Phi) is 3.78. The number of aromatic hydroxyl groups is 1. The van der Waals surface area contributed by atoms with E-state index in [9.17, 15) is 10.2 Å². The van der Waals surface area contributed by atoms with Crippen LogP contribution in [0, 0.1) is 5.41 Å². The molecule has 0 saturated heterocycles. The van der Waals surface area contributed by atoms with E-state index in [0.717, 1.165) is 0 Å². The highest BCUT2D eigenvalue weighted by atomic mass is 16.3. The molecule has 0 radical (unpaired) electrons. The monoisotopic (exact) mass is 309 g/mol. The van der Waals surface area contributed by atoms with Gasteiger partial charge >= 0.3 is 0 Å². The van der Waals surface area contributed by atoms with E-state index in [0.29, 0.717) is 11.4 Å². The van der Waals surface area contributed by atoms with Gasteiger partial charge in [-0.15, -0.1) is 0 Å². The summed E-state index contributed by atoms with van der Waals surface area (Å²) in [6, 6.07) is 13.5. The molecule has 0 fully saturated rings. The van der Waals surface area contributed by atoms with Gasteiger partial charge in [0.25, 0.3) is 0 Å². The smallest absolute Gasteiger partial charge is 0.174 e. The zero-order valence-electron chi connectivity index (χ0n) is 12.1. The molecule has 1 heterocycles. The van der Waals surface area contributed by atoms with Gasteiger partial charge in [-0.25, -0.2) is 10.0 Å². The quantitative estimate of drug-likeness (QED) is 0.647. The second-order valence-electron chi connectivity index (χ2n) is 4.90. The van der Waals surface area contributed by atoms with Crippen LogP contribution >= 0.6 is 0 Å². The van der Waals surface area contributed by atoms with Gasteiger partial charge in [0, 0.05) is 6.07 Å². The molecule has 0 amide bonds. The summed E-state index contributed by atoms with van der Waals surface area (Å²) in [7, 11) is 0. The van der Waals surface area contributed by atoms with Gasteiger partial charge in [0.1, 0.15) is 17.2 Å². The highest BCUT2D eigenvalue weighted by Crippen LogP contribution is 2.28. The molecule has 116 valence electrons. The first-order valence-electron chi connectivity index (χ1n) is 6.90. The van der Waals surface area contributed by atoms with Crippen LogP contribution in [0.1, 0.15) is 0 Å². The summed E-state index contributed by atoms with van der Waals surface area (Å²) in [5.41, 5.74) is 7.73. The van der Waals surface area contributed by atoms with Crippen LogP contribution in [-0.4, -0.2) is 34.1 Å². The number of anilines is 2. The van der Waals surface area contributed by atoms with Crippen molar-refractivity contribution < 1.29 is 10.2 Å². The number of nitrogens with one attached hydrogen (secondary N) is 1. The number of hydrogen-bond acceptors (Lipinski definition) is 6. The number of phenols is 1. The van der Waals surface area contributed by atoms with Crippen molar-refractivity contribution in [2.45, 2.75) is 0 Å². The topological polar surface area (TPSA) is 118 Å². The zero-order chi connectivity index (χ0) is 16.4. The number of rotatable bonds is 3. The van der Waals surface area contributed by atoms with E-state index in [1.165, 1.54) is 17.1 Å². The summed E-state index contributed by atoms with van der Waals surface area (Å²) in [6.45, 7) is -0.345. The fourth-order valence-corrected chi connectivity index (χ4v) is 2.20. The maximum absolute atomic E-state index is 9.50. The summed E-state index contributed by atoms with van der Waals surface area (Å²) in [5.74, 6) is 0.0858. The molecule has 1 aliphatic heterocycles. The van der Waals surface area contributed by atoms with Crippen molar-refractivity contribution >= 4 is 34.3 Å². The summed E-state index contributed by atoms with van der Waals surface area (Å²) in [4.78, 5) is 4.33. The van der Waals surface area contributed by atoms with Crippen molar-refractivity contribution in [3.63, 3.8) is 0 Å². The van der Waals surface area contributed by atoms with Gasteiger partial charge in [0.2, 0.25) is 0 Å². The minimum atomic E-state index is -0.345. The number of amidine groups is 1. The van der Waals surface area contributed by atoms with Crippen molar-refractivity contribution in [2.24, 2.45) is 10.1 Å². The Hall–Kier alpha value is -3.19. The Labute approximate surface area is 132 Å². The van der Waals surface area contributed by atoms with E-state index in [4.69, 9.17) is 11.1 Å². The minimum Gasteiger partial charge on any atom is -0.508 e. The van der Waals surface area contributed by atoms with Gasteiger partial charge in [-0.05, 0) is 24.3 Å². The molecule has 5 N–H and O–H groups in total. The highest BCUT2D eigenvalue weighted by Gasteiger charge is 2.29. The number of hydrazone groups is 1. The molecule has 23 heavy (non-hydrogen) atoms. The van der Waals surface area contributed by atoms with Crippen LogP contribution in [0.2, 0.25) is 0 Å². The molecule has 0 atom stereocenters. The van der Waals surface area contributed by atoms with Gasteiger partial charge in [0.05, 0.1) is 23.7 Å². The van der Waals surface area contributed by atoms with Crippen LogP contribution in [0.5, 0.6) is 5.75 Å². The highest BCUT2D eigenvalue weighted by molar-refractivity contribution is 6.72. The Balaban J connectivity index is 2.01. The fraction of sp³-hybridized carbons (Fsp3) is 0.0625. The lowest BCUT2D eigenvalue weighted by Gasteiger charge is -2.13. The Morgan fingerprint density at radius 2 is 1.91 bits per heavy atom. The van der Waals surface area contributed by atoms with Crippen molar-refractivity contribution in [2.75, 3.05) is 17.3 Å². The molecule has 3 rings (SSSR count). The predicted octanol–water partition coefficient (Wildman–Crippen LogP) is 1.89. The van der Waals surface area contributed by atoms with E-state index in [1.807, 2.05) is 30.3 Å². The van der Waals surface area contributed by atoms with Crippen LogP contribution in [-0.2, 0) is 0 Å². The molecule has 0 saturated carbocycles. The number of para-hydroxylation sites is 1. The van der Waals surface area contributed by atoms with Crippen LogP contribution in [0.25, 0.3) is 0 Å². The first-order chi connectivity index (χ1) is 11.1. The number of aliphatic hydroxyl groups excluding tert-OH is 1. The normalized spacial score (nSPS) is 16.0. The molecule has 0 unspecified atom stereocenters. The molecule has 2 aromatic carbocycles. The van der Waals surface area contributed by atoms with Crippen LogP contribution in [0.15, 0.2) is 58.6 Å². The molecule has 0 aromatic heterocycles. The second kappa shape index (κ2) is 5.90. The first kappa shape index (κ1) is 14.7. The molecule has 0 bridgehead atoms. The summed E-state index contributed by atoms with van der Waals surface area (Å²) in [5, 5.41) is 32.8.